The molecule has 0 radical (unpaired) electrons. The number of amides is 4. The maximum atomic E-state index is 13.0. The van der Waals surface area contributed by atoms with Crippen molar-refractivity contribution in [2.45, 2.75) is 38.5 Å². The van der Waals surface area contributed by atoms with Crippen molar-refractivity contribution in [1.82, 2.24) is 20.5 Å². The Bertz CT molecular complexity index is 1450. The fourth-order valence-electron chi connectivity index (χ4n) is 5.05. The van der Waals surface area contributed by atoms with Crippen molar-refractivity contribution in [3.63, 3.8) is 0 Å². The number of rotatable bonds is 9. The van der Waals surface area contributed by atoms with Crippen molar-refractivity contribution in [3.8, 4) is 0 Å². The van der Waals surface area contributed by atoms with E-state index in [0.29, 0.717) is 48.2 Å². The number of fused-ring (bicyclic) bond motifs is 1. The third kappa shape index (κ3) is 6.34. The summed E-state index contributed by atoms with van der Waals surface area (Å²) >= 11 is 0. The topological polar surface area (TPSA) is 127 Å². The van der Waals surface area contributed by atoms with E-state index in [1.165, 1.54) is 18.0 Å². The van der Waals surface area contributed by atoms with Crippen LogP contribution in [0.5, 0.6) is 0 Å². The number of carbonyl (C=O) groups excluding carboxylic acids is 4. The van der Waals surface area contributed by atoms with Crippen LogP contribution in [-0.4, -0.2) is 72.7 Å². The van der Waals surface area contributed by atoms with Crippen LogP contribution < -0.4 is 10.6 Å². The predicted molar refractivity (Wildman–Crippen MR) is 150 cm³/mol. The van der Waals surface area contributed by atoms with Gasteiger partial charge in [-0.2, -0.15) is 0 Å². The summed E-state index contributed by atoms with van der Waals surface area (Å²) < 4.78 is 11.6. The van der Waals surface area contributed by atoms with Gasteiger partial charge in [-0.3, -0.25) is 24.1 Å². The minimum atomic E-state index is -0.500. The molecule has 0 atom stereocenters. The van der Waals surface area contributed by atoms with E-state index in [0.717, 1.165) is 11.1 Å². The summed E-state index contributed by atoms with van der Waals surface area (Å²) in [7, 11) is 1.52. The number of aryl methyl sites for hydroxylation is 1. The third-order valence-electron chi connectivity index (χ3n) is 7.11. The van der Waals surface area contributed by atoms with E-state index in [1.807, 2.05) is 31.2 Å². The van der Waals surface area contributed by atoms with E-state index in [9.17, 15) is 19.2 Å². The van der Waals surface area contributed by atoms with Gasteiger partial charge in [-0.1, -0.05) is 42.0 Å². The first-order valence-electron chi connectivity index (χ1n) is 13.6. The Balaban J connectivity index is 1.12. The second-order valence-electron chi connectivity index (χ2n) is 10.2. The van der Waals surface area contributed by atoms with Gasteiger partial charge >= 0.3 is 0 Å². The van der Waals surface area contributed by atoms with Crippen LogP contribution in [0.25, 0.3) is 0 Å². The van der Waals surface area contributed by atoms with Crippen LogP contribution in [0.2, 0.25) is 0 Å². The molecule has 3 aromatic rings. The normalized spacial score (nSPS) is 18.2. The van der Waals surface area contributed by atoms with Gasteiger partial charge in [0.25, 0.3) is 23.6 Å². The molecule has 1 fully saturated rings. The zero-order chi connectivity index (χ0) is 28.9. The lowest BCUT2D eigenvalue weighted by Gasteiger charge is -2.33. The summed E-state index contributed by atoms with van der Waals surface area (Å²) in [5, 5.41) is 5.46. The largest absolute Gasteiger partial charge is 0.354 e. The second kappa shape index (κ2) is 12.4. The average Bonchev–Trinajstić information content (AvgIpc) is 3.24. The molecule has 1 saturated heterocycles. The highest BCUT2D eigenvalue weighted by Crippen LogP contribution is 2.26. The molecule has 5 rings (SSSR count). The Labute approximate surface area is 238 Å². The molecule has 10 heteroatoms. The molecule has 41 heavy (non-hydrogen) atoms. The van der Waals surface area contributed by atoms with Crippen LogP contribution in [0, 0.1) is 6.92 Å². The molecule has 2 aliphatic heterocycles. The van der Waals surface area contributed by atoms with Crippen LogP contribution in [-0.2, 0) is 15.9 Å². The lowest BCUT2D eigenvalue weighted by atomic mass is 10.0. The minimum Gasteiger partial charge on any atom is -0.354 e. The monoisotopic (exact) mass is 556 g/mol. The number of nitrogens with one attached hydrogen (secondary N) is 2. The number of carbonyl (C=O) groups is 4. The summed E-state index contributed by atoms with van der Waals surface area (Å²) in [6, 6.07) is 17.5. The molecule has 4 amide bonds. The summed E-state index contributed by atoms with van der Waals surface area (Å²) in [4.78, 5) is 56.4. The number of hydrogen-bond donors (Lipinski definition) is 2. The van der Waals surface area contributed by atoms with Crippen LogP contribution in [0.15, 0.2) is 60.7 Å². The van der Waals surface area contributed by atoms with Crippen LogP contribution in [0.3, 0.4) is 0 Å². The van der Waals surface area contributed by atoms with Gasteiger partial charge in [-0.15, -0.1) is 0 Å². The molecule has 0 unspecified atom stereocenters. The molecule has 0 aliphatic carbocycles. The number of benzene rings is 2. The fourth-order valence-corrected chi connectivity index (χ4v) is 5.05. The molecule has 1 aromatic heterocycles. The number of nitrogens with zero attached hydrogens (tertiary/aromatic N) is 2. The van der Waals surface area contributed by atoms with Gasteiger partial charge in [0.1, 0.15) is 5.69 Å². The van der Waals surface area contributed by atoms with Gasteiger partial charge in [-0.05, 0) is 43.2 Å². The van der Waals surface area contributed by atoms with Crippen molar-refractivity contribution in [2.24, 2.45) is 0 Å². The number of aromatic nitrogens is 1. The molecular formula is C31H32N4O6. The van der Waals surface area contributed by atoms with Gasteiger partial charge in [0, 0.05) is 37.7 Å². The van der Waals surface area contributed by atoms with E-state index in [1.54, 1.807) is 30.3 Å². The van der Waals surface area contributed by atoms with Crippen molar-refractivity contribution >= 4 is 23.6 Å². The molecule has 2 N–H and O–H groups in total. The van der Waals surface area contributed by atoms with Gasteiger partial charge in [0.2, 0.25) is 0 Å². The maximum absolute atomic E-state index is 13.0. The maximum Gasteiger partial charge on any atom is 0.269 e. The van der Waals surface area contributed by atoms with Gasteiger partial charge in [-0.25, -0.2) is 4.98 Å². The number of imide groups is 1. The smallest absolute Gasteiger partial charge is 0.269 e. The highest BCUT2D eigenvalue weighted by molar-refractivity contribution is 6.21. The minimum absolute atomic E-state index is 0.180. The quantitative estimate of drug-likeness (QED) is 0.307. The fraction of sp³-hybridized carbons (Fsp3) is 0.323. The summed E-state index contributed by atoms with van der Waals surface area (Å²) in [5.74, 6) is -1.33. The molecule has 212 valence electrons. The van der Waals surface area contributed by atoms with Crippen LogP contribution in [0.1, 0.15) is 71.2 Å². The third-order valence-corrected chi connectivity index (χ3v) is 7.11. The highest BCUT2D eigenvalue weighted by atomic mass is 16.7. The van der Waals surface area contributed by atoms with Crippen molar-refractivity contribution in [3.05, 3.63) is 99.9 Å². The predicted octanol–water partition coefficient (Wildman–Crippen LogP) is 2.89. The standard InChI is InChI=1S/C31H32N4O6/c1-19-7-5-8-20(13-19)14-22-15-21(16-26(34-22)29(37)32-2)28(36)33-12-6-11-27-40-17-23(18-41-27)35-30(38)24-9-3-4-10-25(24)31(35)39/h3-5,7-10,13,15-16,23,27H,6,11-12,14,17-18H2,1-2H3,(H,32,37)(H,33,36)/t23-,27-. The Morgan fingerprint density at radius 1 is 0.951 bits per heavy atom. The molecule has 0 bridgehead atoms. The van der Waals surface area contributed by atoms with E-state index in [4.69, 9.17) is 9.47 Å². The zero-order valence-corrected chi connectivity index (χ0v) is 23.0. The first kappa shape index (κ1) is 28.1. The van der Waals surface area contributed by atoms with Crippen LogP contribution in [0.4, 0.5) is 0 Å². The second-order valence-corrected chi connectivity index (χ2v) is 10.2. The molecule has 2 aliphatic rings. The zero-order valence-electron chi connectivity index (χ0n) is 23.0. The van der Waals surface area contributed by atoms with E-state index in [-0.39, 0.29) is 42.5 Å². The molecule has 3 heterocycles. The lowest BCUT2D eigenvalue weighted by Crippen LogP contribution is -2.49. The highest BCUT2D eigenvalue weighted by Gasteiger charge is 2.41. The Morgan fingerprint density at radius 3 is 2.32 bits per heavy atom. The number of hydrogen-bond acceptors (Lipinski definition) is 7. The van der Waals surface area contributed by atoms with Crippen molar-refractivity contribution in [2.75, 3.05) is 26.8 Å². The average molecular weight is 557 g/mol. The van der Waals surface area contributed by atoms with Crippen molar-refractivity contribution in [1.29, 1.82) is 0 Å². The summed E-state index contributed by atoms with van der Waals surface area (Å²) in [6.07, 6.45) is 1.09. The van der Waals surface area contributed by atoms with E-state index in [2.05, 4.69) is 15.6 Å². The SMILES string of the molecule is CNC(=O)c1cc(C(=O)NCCC[C@H]2OC[C@H](N3C(=O)c4ccccc4C3=O)CO2)cc(Cc2cccc(C)c2)n1. The lowest BCUT2D eigenvalue weighted by molar-refractivity contribution is -0.199. The van der Waals surface area contributed by atoms with Crippen molar-refractivity contribution < 1.29 is 28.7 Å². The first-order valence-corrected chi connectivity index (χ1v) is 13.6. The Morgan fingerprint density at radius 2 is 1.66 bits per heavy atom. The first-order chi connectivity index (χ1) is 19.8. The van der Waals surface area contributed by atoms with Crippen LogP contribution >= 0.6 is 0 Å². The molecular weight excluding hydrogens is 524 g/mol. The number of ether oxygens (including phenoxy) is 2. The molecule has 10 nitrogen and oxygen atoms in total. The molecule has 0 spiro atoms. The molecule has 2 aromatic carbocycles. The van der Waals surface area contributed by atoms with Gasteiger partial charge < -0.3 is 20.1 Å². The Hall–Kier alpha value is -4.41. The molecule has 0 saturated carbocycles. The number of pyridine rings is 1. The summed E-state index contributed by atoms with van der Waals surface area (Å²) in [5.41, 5.74) is 4.11. The van der Waals surface area contributed by atoms with E-state index < -0.39 is 12.3 Å². The van der Waals surface area contributed by atoms with Gasteiger partial charge in [0.05, 0.1) is 30.4 Å². The van der Waals surface area contributed by atoms with E-state index >= 15 is 0 Å². The Kier molecular flexibility index (Phi) is 8.51. The van der Waals surface area contributed by atoms with Gasteiger partial charge in [0.15, 0.2) is 6.29 Å². The summed E-state index contributed by atoms with van der Waals surface area (Å²) in [6.45, 7) is 2.75.